The molecule has 0 aliphatic carbocycles. The van der Waals surface area contributed by atoms with Gasteiger partial charge in [0.05, 0.1) is 22.2 Å². The van der Waals surface area contributed by atoms with Crippen molar-refractivity contribution < 1.29 is 24.2 Å². The van der Waals surface area contributed by atoms with Crippen molar-refractivity contribution in [3.05, 3.63) is 76.0 Å². The van der Waals surface area contributed by atoms with Gasteiger partial charge in [0.25, 0.3) is 5.91 Å². The first-order valence-corrected chi connectivity index (χ1v) is 12.0. The van der Waals surface area contributed by atoms with Gasteiger partial charge in [0.1, 0.15) is 18.2 Å². The Kier molecular flexibility index (Phi) is 5.83. The number of benzene rings is 2. The summed E-state index contributed by atoms with van der Waals surface area (Å²) < 4.78 is 11.3. The Hall–Kier alpha value is -3.65. The van der Waals surface area contributed by atoms with Crippen molar-refractivity contribution in [2.24, 2.45) is 0 Å². The lowest BCUT2D eigenvalue weighted by Crippen LogP contribution is -2.32. The van der Waals surface area contributed by atoms with Crippen LogP contribution in [-0.2, 0) is 4.79 Å². The predicted octanol–water partition coefficient (Wildman–Crippen LogP) is 4.88. The summed E-state index contributed by atoms with van der Waals surface area (Å²) >= 11 is 1.27. The molecule has 2 aliphatic heterocycles. The minimum atomic E-state index is -0.725. The van der Waals surface area contributed by atoms with Gasteiger partial charge in [0.2, 0.25) is 5.78 Å². The molecule has 7 nitrogen and oxygen atoms in total. The molecule has 34 heavy (non-hydrogen) atoms. The molecular formula is C26H24N2O5S. The Balaban J connectivity index is 1.58. The molecule has 0 bridgehead atoms. The van der Waals surface area contributed by atoms with E-state index in [0.29, 0.717) is 58.8 Å². The zero-order chi connectivity index (χ0) is 23.8. The molecule has 0 saturated heterocycles. The Morgan fingerprint density at radius 1 is 1.15 bits per heavy atom. The van der Waals surface area contributed by atoms with Gasteiger partial charge in [-0.2, -0.15) is 0 Å². The fraction of sp³-hybridized carbons (Fsp3) is 0.269. The predicted molar refractivity (Wildman–Crippen MR) is 128 cm³/mol. The highest BCUT2D eigenvalue weighted by molar-refractivity contribution is 7.17. The first kappa shape index (κ1) is 22.2. The van der Waals surface area contributed by atoms with E-state index in [4.69, 9.17) is 9.47 Å². The molecule has 1 N–H and O–H groups in total. The summed E-state index contributed by atoms with van der Waals surface area (Å²) in [4.78, 5) is 33.4. The number of thiazole rings is 1. The summed E-state index contributed by atoms with van der Waals surface area (Å²) in [5.41, 5.74) is 2.23. The van der Waals surface area contributed by atoms with E-state index in [-0.39, 0.29) is 11.4 Å². The Labute approximate surface area is 201 Å². The lowest BCUT2D eigenvalue weighted by atomic mass is 9.94. The highest BCUT2D eigenvalue weighted by atomic mass is 32.1. The minimum absolute atomic E-state index is 0.0708. The number of aliphatic hydroxyl groups excluding tert-OH is 1. The number of carbonyl (C=O) groups excluding carboxylic acids is 2. The monoisotopic (exact) mass is 476 g/mol. The lowest BCUT2D eigenvalue weighted by molar-refractivity contribution is -0.129. The van der Waals surface area contributed by atoms with Crippen LogP contribution in [0.15, 0.2) is 59.9 Å². The smallest absolute Gasteiger partial charge is 0.290 e. The zero-order valence-corrected chi connectivity index (χ0v) is 19.7. The van der Waals surface area contributed by atoms with Crippen molar-refractivity contribution in [3.8, 4) is 22.1 Å². The average Bonchev–Trinajstić information content (AvgIpc) is 3.37. The standard InChI is InChI=1S/C26H24N2O5S/c1-3-11-28-21(17-9-10-18-19(14-17)33-13-12-32-18)20(23(30)26(28)31)22(29)24-15(2)27-25(34-24)16-7-5-4-6-8-16/h4-10,14,21,30H,3,11-13H2,1-2H3. The molecule has 2 aliphatic rings. The van der Waals surface area contributed by atoms with Gasteiger partial charge in [0, 0.05) is 12.1 Å². The molecular weight excluding hydrogens is 452 g/mol. The molecule has 0 radical (unpaired) electrons. The molecule has 8 heteroatoms. The number of aryl methyl sites for hydroxylation is 1. The van der Waals surface area contributed by atoms with E-state index in [1.807, 2.05) is 43.3 Å². The minimum Gasteiger partial charge on any atom is -0.503 e. The second-order valence-electron chi connectivity index (χ2n) is 8.20. The number of hydrogen-bond donors (Lipinski definition) is 1. The van der Waals surface area contributed by atoms with E-state index in [9.17, 15) is 14.7 Å². The summed E-state index contributed by atoms with van der Waals surface area (Å²) in [5, 5.41) is 11.6. The van der Waals surface area contributed by atoms with Crippen LogP contribution in [0.25, 0.3) is 10.6 Å². The van der Waals surface area contributed by atoms with E-state index in [1.54, 1.807) is 24.0 Å². The molecule has 0 spiro atoms. The number of ketones is 1. The Bertz CT molecular complexity index is 1300. The van der Waals surface area contributed by atoms with Crippen molar-refractivity contribution >= 4 is 23.0 Å². The van der Waals surface area contributed by atoms with Crippen LogP contribution in [0, 0.1) is 6.92 Å². The first-order valence-electron chi connectivity index (χ1n) is 11.2. The fourth-order valence-electron chi connectivity index (χ4n) is 4.37. The molecule has 5 rings (SSSR count). The SMILES string of the molecule is CCCN1C(=O)C(O)=C(C(=O)c2sc(-c3ccccc3)nc2C)C1c1ccc2c(c1)OCCO2. The maximum absolute atomic E-state index is 13.8. The number of aromatic nitrogens is 1. The third kappa shape index (κ3) is 3.74. The van der Waals surface area contributed by atoms with E-state index in [2.05, 4.69) is 4.98 Å². The molecule has 1 unspecified atom stereocenters. The molecule has 3 aromatic rings. The fourth-order valence-corrected chi connectivity index (χ4v) is 5.39. The van der Waals surface area contributed by atoms with Crippen LogP contribution < -0.4 is 9.47 Å². The van der Waals surface area contributed by atoms with Crippen LogP contribution >= 0.6 is 11.3 Å². The van der Waals surface area contributed by atoms with Gasteiger partial charge in [-0.3, -0.25) is 9.59 Å². The maximum Gasteiger partial charge on any atom is 0.290 e. The highest BCUT2D eigenvalue weighted by Gasteiger charge is 2.44. The van der Waals surface area contributed by atoms with Crippen LogP contribution in [0.1, 0.15) is 40.3 Å². The molecule has 1 aromatic heterocycles. The van der Waals surface area contributed by atoms with E-state index in [1.165, 1.54) is 11.3 Å². The van der Waals surface area contributed by atoms with E-state index < -0.39 is 17.7 Å². The van der Waals surface area contributed by atoms with Crippen LogP contribution in [0.2, 0.25) is 0 Å². The number of amides is 1. The topological polar surface area (TPSA) is 89.0 Å². The molecule has 2 aromatic carbocycles. The normalized spacial score (nSPS) is 17.4. The summed E-state index contributed by atoms with van der Waals surface area (Å²) in [7, 11) is 0. The number of hydrogen-bond acceptors (Lipinski definition) is 7. The van der Waals surface area contributed by atoms with Crippen LogP contribution in [-0.4, -0.2) is 46.4 Å². The van der Waals surface area contributed by atoms with Gasteiger partial charge in [0.15, 0.2) is 17.3 Å². The first-order chi connectivity index (χ1) is 16.5. The summed E-state index contributed by atoms with van der Waals surface area (Å²) in [5.74, 6) is -0.260. The number of fused-ring (bicyclic) bond motifs is 1. The van der Waals surface area contributed by atoms with E-state index in [0.717, 1.165) is 5.56 Å². The molecule has 0 fully saturated rings. The summed E-state index contributed by atoms with van der Waals surface area (Å²) in [6.45, 7) is 5.01. The molecule has 3 heterocycles. The number of ether oxygens (including phenoxy) is 2. The van der Waals surface area contributed by atoms with Crippen LogP contribution in [0.4, 0.5) is 0 Å². The van der Waals surface area contributed by atoms with Crippen molar-refractivity contribution in [2.45, 2.75) is 26.3 Å². The summed E-state index contributed by atoms with van der Waals surface area (Å²) in [6, 6.07) is 14.3. The van der Waals surface area contributed by atoms with Crippen LogP contribution in [0.3, 0.4) is 0 Å². The number of carbonyl (C=O) groups is 2. The second kappa shape index (κ2) is 8.95. The Morgan fingerprint density at radius 3 is 2.62 bits per heavy atom. The number of rotatable bonds is 6. The molecule has 1 atom stereocenters. The van der Waals surface area contributed by atoms with Gasteiger partial charge in [-0.25, -0.2) is 4.98 Å². The number of nitrogens with zero attached hydrogens (tertiary/aromatic N) is 2. The van der Waals surface area contributed by atoms with Crippen molar-refractivity contribution in [3.63, 3.8) is 0 Å². The number of Topliss-reactive ketones (excluding diaryl/α,β-unsaturated/α-hetero) is 1. The molecule has 1 amide bonds. The third-order valence-corrected chi connectivity index (χ3v) is 7.12. The van der Waals surface area contributed by atoms with Gasteiger partial charge in [-0.1, -0.05) is 43.3 Å². The quantitative estimate of drug-likeness (QED) is 0.510. The molecule has 0 saturated carbocycles. The van der Waals surface area contributed by atoms with Gasteiger partial charge in [-0.15, -0.1) is 11.3 Å². The lowest BCUT2D eigenvalue weighted by Gasteiger charge is -2.27. The largest absolute Gasteiger partial charge is 0.503 e. The van der Waals surface area contributed by atoms with Gasteiger partial charge in [-0.05, 0) is 31.0 Å². The maximum atomic E-state index is 13.8. The van der Waals surface area contributed by atoms with Crippen molar-refractivity contribution in [1.82, 2.24) is 9.88 Å². The number of aliphatic hydroxyl groups is 1. The third-order valence-electron chi connectivity index (χ3n) is 5.92. The summed E-state index contributed by atoms with van der Waals surface area (Å²) in [6.07, 6.45) is 0.680. The van der Waals surface area contributed by atoms with Crippen LogP contribution in [0.5, 0.6) is 11.5 Å². The van der Waals surface area contributed by atoms with E-state index >= 15 is 0 Å². The van der Waals surface area contributed by atoms with Crippen molar-refractivity contribution in [1.29, 1.82) is 0 Å². The average molecular weight is 477 g/mol. The molecule has 174 valence electrons. The second-order valence-corrected chi connectivity index (χ2v) is 9.19. The Morgan fingerprint density at radius 2 is 1.88 bits per heavy atom. The van der Waals surface area contributed by atoms with Crippen molar-refractivity contribution in [2.75, 3.05) is 19.8 Å². The van der Waals surface area contributed by atoms with Gasteiger partial charge >= 0.3 is 0 Å². The zero-order valence-electron chi connectivity index (χ0n) is 18.9. The van der Waals surface area contributed by atoms with Gasteiger partial charge < -0.3 is 19.5 Å². The highest BCUT2D eigenvalue weighted by Crippen LogP contribution is 2.43.